The summed E-state index contributed by atoms with van der Waals surface area (Å²) in [5, 5.41) is 3.88. The summed E-state index contributed by atoms with van der Waals surface area (Å²) in [6.45, 7) is 22.9. The number of piperidine rings is 2. The first-order chi connectivity index (χ1) is 29.2. The van der Waals surface area contributed by atoms with Crippen LogP contribution in [0, 0.1) is 0 Å². The van der Waals surface area contributed by atoms with Crippen LogP contribution in [-0.4, -0.2) is 94.0 Å². The number of pyridine rings is 2. The fourth-order valence-corrected chi connectivity index (χ4v) is 10.1. The zero-order chi connectivity index (χ0) is 42.2. The molecule has 6 aromatic rings. The lowest BCUT2D eigenvalue weighted by Gasteiger charge is -2.40. The van der Waals surface area contributed by atoms with E-state index in [4.69, 9.17) is 33.2 Å². The van der Waals surface area contributed by atoms with Gasteiger partial charge in [-0.25, -0.2) is 9.97 Å². The van der Waals surface area contributed by atoms with E-state index in [1.54, 1.807) is 0 Å². The van der Waals surface area contributed by atoms with Gasteiger partial charge in [0.15, 0.2) is 0 Å². The molecule has 2 fully saturated rings. The van der Waals surface area contributed by atoms with Gasteiger partial charge in [-0.3, -0.25) is 9.80 Å². The molecule has 0 bridgehead atoms. The van der Waals surface area contributed by atoms with Gasteiger partial charge in [0.2, 0.25) is 0 Å². The molecule has 2 atom stereocenters. The van der Waals surface area contributed by atoms with E-state index in [-0.39, 0.29) is 24.8 Å². The number of aromatic nitrogens is 2. The van der Waals surface area contributed by atoms with E-state index in [1.165, 1.54) is 47.6 Å². The molecule has 4 heterocycles. The summed E-state index contributed by atoms with van der Waals surface area (Å²) >= 11 is 12.6. The van der Waals surface area contributed by atoms with Crippen molar-refractivity contribution in [1.82, 2.24) is 29.6 Å². The Morgan fingerprint density at radius 1 is 0.516 bits per heavy atom. The summed E-state index contributed by atoms with van der Waals surface area (Å²) in [6.07, 6.45) is 4.97. The molecular weight excluding hydrogens is 850 g/mol. The van der Waals surface area contributed by atoms with Crippen molar-refractivity contribution in [3.8, 4) is 22.5 Å². The fourth-order valence-electron chi connectivity index (χ4n) is 9.81. The minimum atomic E-state index is 0. The third-order valence-electron chi connectivity index (χ3n) is 13.4. The van der Waals surface area contributed by atoms with E-state index < -0.39 is 0 Å². The van der Waals surface area contributed by atoms with Gasteiger partial charge in [-0.1, -0.05) is 124 Å². The summed E-state index contributed by atoms with van der Waals surface area (Å²) in [5.41, 5.74) is 8.97. The highest BCUT2D eigenvalue weighted by atomic mass is 35.5. The summed E-state index contributed by atoms with van der Waals surface area (Å²) in [4.78, 5) is 20.4. The van der Waals surface area contributed by atoms with Crippen molar-refractivity contribution in [1.29, 1.82) is 0 Å². The largest absolute Gasteiger partial charge is 0.301 e. The van der Waals surface area contributed by atoms with Crippen LogP contribution in [0.1, 0.15) is 90.4 Å². The Hall–Kier alpha value is -3.30. The van der Waals surface area contributed by atoms with Crippen molar-refractivity contribution < 1.29 is 0 Å². The highest BCUT2D eigenvalue weighted by Gasteiger charge is 2.29. The highest BCUT2D eigenvalue weighted by Crippen LogP contribution is 2.36. The summed E-state index contributed by atoms with van der Waals surface area (Å²) in [7, 11) is 0. The van der Waals surface area contributed by atoms with Crippen molar-refractivity contribution in [3.05, 3.63) is 130 Å². The molecule has 332 valence electrons. The Morgan fingerprint density at radius 3 is 1.18 bits per heavy atom. The summed E-state index contributed by atoms with van der Waals surface area (Å²) in [6, 6.07) is 39.8. The van der Waals surface area contributed by atoms with Gasteiger partial charge >= 0.3 is 0 Å². The van der Waals surface area contributed by atoms with Crippen molar-refractivity contribution in [2.45, 2.75) is 91.4 Å². The van der Waals surface area contributed by atoms with Crippen LogP contribution in [0.2, 0.25) is 10.0 Å². The van der Waals surface area contributed by atoms with E-state index in [2.05, 4.69) is 134 Å². The van der Waals surface area contributed by atoms with E-state index in [0.717, 1.165) is 108 Å². The van der Waals surface area contributed by atoms with Crippen LogP contribution in [0.15, 0.2) is 109 Å². The van der Waals surface area contributed by atoms with Gasteiger partial charge in [-0.2, -0.15) is 0 Å². The SMILES string of the molecule is CCN(CC)C1CCN(C(C)c2cc(-c3ccccc3)nc3cc(Cl)ccc23)CC1.CCN(CC)C1CCN(C(C)c2cc(-c3ccccc3)nc3cc(Cl)ccc23)CC1.Cl.Cl. The number of fused-ring (bicyclic) bond motifs is 2. The Labute approximate surface area is 393 Å². The second-order valence-electron chi connectivity index (χ2n) is 16.6. The average Bonchev–Trinajstić information content (AvgIpc) is 3.29. The van der Waals surface area contributed by atoms with Crippen molar-refractivity contribution in [2.24, 2.45) is 0 Å². The maximum atomic E-state index is 6.32. The van der Waals surface area contributed by atoms with E-state index in [1.807, 2.05) is 36.4 Å². The second kappa shape index (κ2) is 23.6. The molecule has 2 aliphatic heterocycles. The molecule has 0 spiro atoms. The molecule has 8 rings (SSSR count). The quantitative estimate of drug-likeness (QED) is 0.122. The van der Waals surface area contributed by atoms with E-state index >= 15 is 0 Å². The standard InChI is InChI=1S/2C26H32ClN3.2ClH/c2*1-4-29(5-2)22-13-15-30(16-14-22)19(3)24-18-25(20-9-7-6-8-10-20)28-26-17-21(27)11-12-23(24)26;;/h2*6-12,17-19,22H,4-5,13-16H2,1-3H3;2*1H. The smallest absolute Gasteiger partial charge is 0.0727 e. The fraction of sp³-hybridized carbons (Fsp3) is 0.423. The summed E-state index contributed by atoms with van der Waals surface area (Å²) < 4.78 is 0. The van der Waals surface area contributed by atoms with Gasteiger partial charge in [0.25, 0.3) is 0 Å². The second-order valence-corrected chi connectivity index (χ2v) is 17.4. The number of benzene rings is 4. The van der Waals surface area contributed by atoms with Crippen molar-refractivity contribution in [3.63, 3.8) is 0 Å². The van der Waals surface area contributed by atoms with Gasteiger partial charge in [-0.15, -0.1) is 24.8 Å². The zero-order valence-corrected chi connectivity index (χ0v) is 40.6. The maximum absolute atomic E-state index is 6.32. The Balaban J connectivity index is 0.000000227. The molecule has 2 aromatic heterocycles. The van der Waals surface area contributed by atoms with Crippen LogP contribution in [0.5, 0.6) is 0 Å². The molecule has 2 unspecified atom stereocenters. The molecule has 2 saturated heterocycles. The maximum Gasteiger partial charge on any atom is 0.0727 e. The minimum absolute atomic E-state index is 0. The van der Waals surface area contributed by atoms with Gasteiger partial charge in [0.05, 0.1) is 22.4 Å². The molecule has 0 amide bonds. The highest BCUT2D eigenvalue weighted by molar-refractivity contribution is 6.31. The lowest BCUT2D eigenvalue weighted by molar-refractivity contribution is 0.0942. The predicted octanol–water partition coefficient (Wildman–Crippen LogP) is 13.7. The van der Waals surface area contributed by atoms with Crippen LogP contribution in [-0.2, 0) is 0 Å². The molecule has 10 heteroatoms. The minimum Gasteiger partial charge on any atom is -0.301 e. The van der Waals surface area contributed by atoms with Crippen LogP contribution in [0.25, 0.3) is 44.3 Å². The molecule has 4 aromatic carbocycles. The number of hydrogen-bond donors (Lipinski definition) is 0. The van der Waals surface area contributed by atoms with Crippen molar-refractivity contribution >= 4 is 69.8 Å². The molecule has 0 saturated carbocycles. The first-order valence-corrected chi connectivity index (χ1v) is 23.2. The Kier molecular flexibility index (Phi) is 18.9. The molecule has 62 heavy (non-hydrogen) atoms. The van der Waals surface area contributed by atoms with E-state index in [9.17, 15) is 0 Å². The van der Waals surface area contributed by atoms with Gasteiger partial charge in [0, 0.05) is 82.3 Å². The number of halogens is 4. The summed E-state index contributed by atoms with van der Waals surface area (Å²) in [5.74, 6) is 0. The number of nitrogens with zero attached hydrogens (tertiary/aromatic N) is 6. The van der Waals surface area contributed by atoms with Gasteiger partial charge in [-0.05, 0) is 113 Å². The van der Waals surface area contributed by atoms with Crippen LogP contribution in [0.3, 0.4) is 0 Å². The molecule has 0 radical (unpaired) electrons. The van der Waals surface area contributed by atoms with Gasteiger partial charge < -0.3 is 9.80 Å². The molecule has 2 aliphatic rings. The lowest BCUT2D eigenvalue weighted by Crippen LogP contribution is -2.45. The third-order valence-corrected chi connectivity index (χ3v) is 13.9. The normalized spacial score (nSPS) is 16.4. The van der Waals surface area contributed by atoms with Crippen LogP contribution >= 0.6 is 48.0 Å². The first kappa shape index (κ1) is 49.7. The molecular formula is C52H66Cl4N6. The Morgan fingerprint density at radius 2 is 0.855 bits per heavy atom. The van der Waals surface area contributed by atoms with Crippen molar-refractivity contribution in [2.75, 3.05) is 52.4 Å². The lowest BCUT2D eigenvalue weighted by atomic mass is 9.95. The average molecular weight is 917 g/mol. The third kappa shape index (κ3) is 11.7. The van der Waals surface area contributed by atoms with Crippen LogP contribution < -0.4 is 0 Å². The molecule has 0 N–H and O–H groups in total. The Bertz CT molecular complexity index is 2120. The predicted molar refractivity (Wildman–Crippen MR) is 271 cm³/mol. The van der Waals surface area contributed by atoms with E-state index in [0.29, 0.717) is 12.1 Å². The first-order valence-electron chi connectivity index (χ1n) is 22.5. The molecule has 6 nitrogen and oxygen atoms in total. The van der Waals surface area contributed by atoms with Gasteiger partial charge in [0.1, 0.15) is 0 Å². The number of likely N-dealkylation sites (tertiary alicyclic amines) is 2. The number of hydrogen-bond acceptors (Lipinski definition) is 6. The number of rotatable bonds is 12. The zero-order valence-electron chi connectivity index (χ0n) is 37.4. The monoisotopic (exact) mass is 914 g/mol. The van der Waals surface area contributed by atoms with Crippen LogP contribution in [0.4, 0.5) is 0 Å². The topological polar surface area (TPSA) is 38.7 Å². The molecule has 0 aliphatic carbocycles.